The van der Waals surface area contributed by atoms with Crippen LogP contribution in [0.2, 0.25) is 0 Å². The molecule has 1 heterocycles. The molecule has 0 saturated carbocycles. The summed E-state index contributed by atoms with van der Waals surface area (Å²) < 4.78 is 1.41. The average molecular weight is 518 g/mol. The number of carboxylic acids is 1. The number of aryl methyl sites for hydroxylation is 1. The molecule has 1 aromatic heterocycles. The zero-order valence-corrected chi connectivity index (χ0v) is 19.5. The predicted molar refractivity (Wildman–Crippen MR) is 117 cm³/mol. The molecule has 3 rings (SSSR count). The van der Waals surface area contributed by atoms with Crippen molar-refractivity contribution in [2.45, 2.75) is 17.6 Å². The third-order valence-electron chi connectivity index (χ3n) is 4.02. The number of aromatic carboxylic acids is 1. The molecule has 0 amide bonds. The Hall–Kier alpha value is -1.88. The van der Waals surface area contributed by atoms with Crippen molar-refractivity contribution in [1.29, 1.82) is 0 Å². The fourth-order valence-electron chi connectivity index (χ4n) is 2.64. The number of rotatable bonds is 7. The van der Waals surface area contributed by atoms with Crippen LogP contribution in [0, 0.1) is 6.92 Å². The second kappa shape index (κ2) is 9.55. The van der Waals surface area contributed by atoms with E-state index in [1.165, 1.54) is 5.56 Å². The van der Waals surface area contributed by atoms with Crippen LogP contribution in [0.15, 0.2) is 70.3 Å². The summed E-state index contributed by atoms with van der Waals surface area (Å²) in [5, 5.41) is 9.50. The second-order valence-corrected chi connectivity index (χ2v) is 10.6. The molecule has 1 unspecified atom stereocenters. The molecule has 1 atom stereocenters. The van der Waals surface area contributed by atoms with Gasteiger partial charge in [0, 0.05) is 0 Å². The zero-order chi connectivity index (χ0) is 20.1. The molecule has 2 aromatic carbocycles. The van der Waals surface area contributed by atoms with Gasteiger partial charge in [-0.1, -0.05) is 0 Å². The van der Waals surface area contributed by atoms with E-state index in [-0.39, 0.29) is 10.1 Å². The van der Waals surface area contributed by atoms with Crippen LogP contribution < -0.4 is 4.35 Å². The van der Waals surface area contributed by atoms with E-state index < -0.39 is 21.7 Å². The Kier molecular flexibility index (Phi) is 7.11. The van der Waals surface area contributed by atoms with Gasteiger partial charge in [0.25, 0.3) is 0 Å². The van der Waals surface area contributed by atoms with Crippen molar-refractivity contribution in [3.05, 3.63) is 87.7 Å². The first-order valence-corrected chi connectivity index (χ1v) is 12.3. The summed E-state index contributed by atoms with van der Waals surface area (Å²) in [6, 6.07) is 14.9. The molecule has 0 aliphatic carbocycles. The zero-order valence-electron chi connectivity index (χ0n) is 15.0. The molecule has 0 aliphatic heterocycles. The molecule has 0 saturated heterocycles. The van der Waals surface area contributed by atoms with E-state index in [0.29, 0.717) is 14.4 Å². The molecular formula is C21H17AsBrNO3S. The molecular weight excluding hydrogens is 501 g/mol. The van der Waals surface area contributed by atoms with Gasteiger partial charge in [-0.15, -0.1) is 0 Å². The van der Waals surface area contributed by atoms with Crippen molar-refractivity contribution in [3.63, 3.8) is 0 Å². The molecule has 3 aromatic rings. The maximum absolute atomic E-state index is 12.9. The van der Waals surface area contributed by atoms with Gasteiger partial charge in [-0.2, -0.15) is 0 Å². The quantitative estimate of drug-likeness (QED) is 0.378. The number of carboxylic acid groups (broad SMARTS) is 1. The number of halogens is 1. The Morgan fingerprint density at radius 2 is 1.89 bits per heavy atom. The Balaban J connectivity index is 1.78. The van der Waals surface area contributed by atoms with E-state index >= 15 is 0 Å². The van der Waals surface area contributed by atoms with Crippen molar-refractivity contribution in [2.75, 3.05) is 0 Å². The Labute approximate surface area is 182 Å². The monoisotopic (exact) mass is 517 g/mol. The third-order valence-corrected chi connectivity index (χ3v) is 8.54. The van der Waals surface area contributed by atoms with Crippen LogP contribution in [-0.2, 0) is 5.75 Å². The van der Waals surface area contributed by atoms with Gasteiger partial charge in [-0.25, -0.2) is 0 Å². The van der Waals surface area contributed by atoms with Gasteiger partial charge in [0.15, 0.2) is 0 Å². The van der Waals surface area contributed by atoms with Crippen LogP contribution in [-0.4, -0.2) is 36.4 Å². The van der Waals surface area contributed by atoms with E-state index in [4.69, 9.17) is 0 Å². The first-order valence-electron chi connectivity index (χ1n) is 8.40. The Morgan fingerprint density at radius 3 is 2.61 bits per heavy atom. The normalized spacial score (nSPS) is 11.1. The van der Waals surface area contributed by atoms with Gasteiger partial charge in [0.1, 0.15) is 0 Å². The molecule has 0 aliphatic rings. The van der Waals surface area contributed by atoms with Crippen LogP contribution in [0.1, 0.15) is 31.8 Å². The van der Waals surface area contributed by atoms with Gasteiger partial charge in [0.2, 0.25) is 0 Å². The fraction of sp³-hybridized carbons (Fsp3) is 0.0952. The Morgan fingerprint density at radius 1 is 1.14 bits per heavy atom. The summed E-state index contributed by atoms with van der Waals surface area (Å²) in [6.07, 6.45) is 3.53. The number of pyridine rings is 1. The van der Waals surface area contributed by atoms with Gasteiger partial charge >= 0.3 is 183 Å². The summed E-state index contributed by atoms with van der Waals surface area (Å²) in [5.41, 5.74) is 2.85. The predicted octanol–water partition coefficient (Wildman–Crippen LogP) is 4.05. The number of benzene rings is 2. The summed E-state index contributed by atoms with van der Waals surface area (Å²) >= 11 is 3.70. The number of hydrogen-bond donors (Lipinski definition) is 1. The van der Waals surface area contributed by atoms with Crippen molar-refractivity contribution in [3.8, 4) is 0 Å². The molecule has 7 heteroatoms. The first-order chi connectivity index (χ1) is 13.4. The molecule has 0 fully saturated rings. The van der Waals surface area contributed by atoms with Crippen LogP contribution in [0.5, 0.6) is 0 Å². The van der Waals surface area contributed by atoms with E-state index in [2.05, 4.69) is 20.9 Å². The molecule has 0 radical (unpaired) electrons. The van der Waals surface area contributed by atoms with E-state index in [1.54, 1.807) is 36.3 Å². The number of carbonyl (C=O) groups excluding carboxylic acids is 1. The molecule has 0 spiro atoms. The molecule has 142 valence electrons. The minimum atomic E-state index is -1.29. The SMILES string of the molecule is Cc1cc(Br)cc(C(=O)O)c1[AsH]C(=O)c1cccc(SCc2ccncc2)c1. The fourth-order valence-corrected chi connectivity index (χ4v) is 6.45. The van der Waals surface area contributed by atoms with Crippen molar-refractivity contribution >= 4 is 58.3 Å². The number of thioether (sulfide) groups is 1. The van der Waals surface area contributed by atoms with Crippen LogP contribution >= 0.6 is 27.7 Å². The number of aromatic nitrogens is 1. The van der Waals surface area contributed by atoms with Crippen molar-refractivity contribution < 1.29 is 14.7 Å². The van der Waals surface area contributed by atoms with Gasteiger partial charge < -0.3 is 0 Å². The van der Waals surface area contributed by atoms with E-state index in [0.717, 1.165) is 16.2 Å². The van der Waals surface area contributed by atoms with E-state index in [1.807, 2.05) is 43.3 Å². The average Bonchev–Trinajstić information content (AvgIpc) is 2.69. The van der Waals surface area contributed by atoms with Crippen LogP contribution in [0.25, 0.3) is 0 Å². The van der Waals surface area contributed by atoms with Gasteiger partial charge in [0.05, 0.1) is 0 Å². The number of nitrogens with zero attached hydrogens (tertiary/aromatic N) is 1. The van der Waals surface area contributed by atoms with E-state index in [9.17, 15) is 14.7 Å². The maximum atomic E-state index is 12.9. The molecule has 1 N–H and O–H groups in total. The standard InChI is InChI=1S/C21H17AsBrNO3S/c1-13-9-16(23)11-18(21(26)27)19(13)22-20(25)15-3-2-4-17(10-15)28-12-14-5-7-24-8-6-14/h2-11,22H,12H2,1H3,(H,26,27). The third kappa shape index (κ3) is 5.34. The topological polar surface area (TPSA) is 67.3 Å². The number of hydrogen-bond acceptors (Lipinski definition) is 4. The minimum absolute atomic E-state index is 0.0271. The second-order valence-electron chi connectivity index (χ2n) is 6.08. The van der Waals surface area contributed by atoms with Crippen molar-refractivity contribution in [2.24, 2.45) is 0 Å². The molecule has 28 heavy (non-hydrogen) atoms. The molecule has 0 bridgehead atoms. The van der Waals surface area contributed by atoms with Gasteiger partial charge in [-0.05, 0) is 0 Å². The Bertz CT molecular complexity index is 1030. The summed E-state index contributed by atoms with van der Waals surface area (Å²) in [6.45, 7) is 1.85. The number of carbonyl (C=O) groups is 2. The first kappa shape index (κ1) is 20.8. The van der Waals surface area contributed by atoms with Crippen LogP contribution in [0.4, 0.5) is 0 Å². The van der Waals surface area contributed by atoms with Crippen molar-refractivity contribution in [1.82, 2.24) is 4.98 Å². The summed E-state index contributed by atoms with van der Waals surface area (Å²) in [4.78, 5) is 29.5. The molecule has 4 nitrogen and oxygen atoms in total. The van der Waals surface area contributed by atoms with Crippen LogP contribution in [0.3, 0.4) is 0 Å². The summed E-state index contributed by atoms with van der Waals surface area (Å²) in [7, 11) is 0. The summed E-state index contributed by atoms with van der Waals surface area (Å²) in [5.74, 6) is -0.205. The van der Waals surface area contributed by atoms with Gasteiger partial charge in [-0.3, -0.25) is 0 Å².